The number of amides is 1. The predicted octanol–water partition coefficient (Wildman–Crippen LogP) is 5.44. The second-order valence-corrected chi connectivity index (χ2v) is 12.1. The van der Waals surface area contributed by atoms with Crippen molar-refractivity contribution >= 4 is 5.91 Å². The molecule has 4 saturated carbocycles. The van der Waals surface area contributed by atoms with Gasteiger partial charge < -0.3 is 9.80 Å². The van der Waals surface area contributed by atoms with Crippen molar-refractivity contribution in [1.29, 1.82) is 0 Å². The highest BCUT2D eigenvalue weighted by Gasteiger charge is 2.61. The molecule has 0 aromatic rings. The molecule has 0 heterocycles. The number of hydrogen-bond acceptors (Lipinski definition) is 2. The molecule has 3 heteroatoms. The van der Waals surface area contributed by atoms with Crippen LogP contribution in [0.25, 0.3) is 0 Å². The van der Waals surface area contributed by atoms with E-state index in [4.69, 9.17) is 0 Å². The number of carbonyl (C=O) groups excluding carboxylic acids is 1. The molecular weight excluding hydrogens is 356 g/mol. The Bertz CT molecular complexity index is 632. The Hall–Kier alpha value is -0.570. The summed E-state index contributed by atoms with van der Waals surface area (Å²) in [5.74, 6) is 4.61. The van der Waals surface area contributed by atoms with Gasteiger partial charge in [0.25, 0.3) is 0 Å². The number of rotatable bonds is 3. The van der Waals surface area contributed by atoms with Gasteiger partial charge in [-0.15, -0.1) is 0 Å². The summed E-state index contributed by atoms with van der Waals surface area (Å²) in [7, 11) is 6.58. The molecule has 9 atom stereocenters. The number of hydrogen-bond donors (Lipinski definition) is 0. The van der Waals surface area contributed by atoms with E-state index in [2.05, 4.69) is 39.8 Å². The Kier molecular flexibility index (Phi) is 5.63. The third-order valence-corrected chi connectivity index (χ3v) is 11.1. The van der Waals surface area contributed by atoms with E-state index in [9.17, 15) is 4.79 Å². The molecule has 5 unspecified atom stereocenters. The zero-order chi connectivity index (χ0) is 21.1. The average molecular weight is 403 g/mol. The minimum atomic E-state index is 0.226. The van der Waals surface area contributed by atoms with Gasteiger partial charge >= 0.3 is 0 Å². The number of fused-ring (bicyclic) bond motifs is 5. The minimum absolute atomic E-state index is 0.226. The largest absolute Gasteiger partial charge is 0.343 e. The Balaban J connectivity index is 1.53. The second-order valence-electron chi connectivity index (χ2n) is 12.1. The molecule has 4 aliphatic carbocycles. The van der Waals surface area contributed by atoms with E-state index in [0.29, 0.717) is 22.8 Å². The van der Waals surface area contributed by atoms with Crippen LogP contribution >= 0.6 is 0 Å². The van der Waals surface area contributed by atoms with Crippen LogP contribution in [0.5, 0.6) is 0 Å². The fourth-order valence-electron chi connectivity index (χ4n) is 9.09. The Morgan fingerprint density at radius 2 is 1.55 bits per heavy atom. The van der Waals surface area contributed by atoms with Gasteiger partial charge in [-0.3, -0.25) is 4.79 Å². The third kappa shape index (κ3) is 3.29. The van der Waals surface area contributed by atoms with Gasteiger partial charge in [0.1, 0.15) is 0 Å². The van der Waals surface area contributed by atoms with Crippen LogP contribution in [0.2, 0.25) is 0 Å². The highest BCUT2D eigenvalue weighted by Crippen LogP contribution is 2.68. The molecule has 4 aliphatic rings. The monoisotopic (exact) mass is 402 g/mol. The van der Waals surface area contributed by atoms with Crippen molar-refractivity contribution in [1.82, 2.24) is 9.80 Å². The van der Waals surface area contributed by atoms with Crippen molar-refractivity contribution in [3.8, 4) is 0 Å². The molecule has 29 heavy (non-hydrogen) atoms. The van der Waals surface area contributed by atoms with Gasteiger partial charge in [-0.05, 0) is 119 Å². The second kappa shape index (κ2) is 7.53. The molecule has 0 aromatic carbocycles. The summed E-state index contributed by atoms with van der Waals surface area (Å²) >= 11 is 0. The van der Waals surface area contributed by atoms with E-state index < -0.39 is 0 Å². The lowest BCUT2D eigenvalue weighted by Crippen LogP contribution is -2.56. The van der Waals surface area contributed by atoms with E-state index in [1.54, 1.807) is 6.92 Å². The SMILES string of the molecule is CC(=O)N(C)C(C)[C@H]1CCC2C3CCC4C[C@@H](N(C)C)CC[C@]4(C)C3CC[C@@]21C. The molecular formula is C26H46N2O. The van der Waals surface area contributed by atoms with E-state index >= 15 is 0 Å². The normalized spacial score (nSPS) is 47.9. The van der Waals surface area contributed by atoms with Gasteiger partial charge in [-0.25, -0.2) is 0 Å². The molecule has 0 radical (unpaired) electrons. The van der Waals surface area contributed by atoms with E-state index in [1.165, 1.54) is 57.8 Å². The molecule has 1 amide bonds. The van der Waals surface area contributed by atoms with Crippen molar-refractivity contribution in [2.75, 3.05) is 21.1 Å². The summed E-state index contributed by atoms with van der Waals surface area (Å²) in [6, 6.07) is 1.18. The summed E-state index contributed by atoms with van der Waals surface area (Å²) in [5, 5.41) is 0. The van der Waals surface area contributed by atoms with Crippen LogP contribution in [0.1, 0.15) is 85.5 Å². The lowest BCUT2D eigenvalue weighted by molar-refractivity contribution is -0.135. The Labute approximate surface area is 180 Å². The first kappa shape index (κ1) is 21.7. The zero-order valence-electron chi connectivity index (χ0n) is 20.2. The summed E-state index contributed by atoms with van der Waals surface area (Å²) in [6.07, 6.45) is 12.7. The maximum atomic E-state index is 12.0. The molecule has 0 aromatic heterocycles. The van der Waals surface area contributed by atoms with Gasteiger partial charge in [-0.1, -0.05) is 13.8 Å². The highest BCUT2D eigenvalue weighted by molar-refractivity contribution is 5.73. The topological polar surface area (TPSA) is 23.6 Å². The summed E-state index contributed by atoms with van der Waals surface area (Å²) in [6.45, 7) is 9.33. The van der Waals surface area contributed by atoms with Crippen LogP contribution in [0.3, 0.4) is 0 Å². The van der Waals surface area contributed by atoms with Gasteiger partial charge in [0.2, 0.25) is 5.91 Å². The summed E-state index contributed by atoms with van der Waals surface area (Å²) in [5.41, 5.74) is 1.02. The van der Waals surface area contributed by atoms with E-state index in [0.717, 1.165) is 29.7 Å². The molecule has 0 spiro atoms. The fourth-order valence-corrected chi connectivity index (χ4v) is 9.09. The molecule has 4 fully saturated rings. The molecule has 0 saturated heterocycles. The molecule has 3 nitrogen and oxygen atoms in total. The van der Waals surface area contributed by atoms with Crippen LogP contribution in [0.15, 0.2) is 0 Å². The quantitative estimate of drug-likeness (QED) is 0.627. The minimum Gasteiger partial charge on any atom is -0.343 e. The first-order valence-corrected chi connectivity index (χ1v) is 12.5. The number of carbonyl (C=O) groups is 1. The van der Waals surface area contributed by atoms with Gasteiger partial charge in [-0.2, -0.15) is 0 Å². The Morgan fingerprint density at radius 3 is 2.21 bits per heavy atom. The van der Waals surface area contributed by atoms with Crippen LogP contribution in [-0.4, -0.2) is 48.9 Å². The first-order valence-electron chi connectivity index (χ1n) is 12.5. The molecule has 4 rings (SSSR count). The number of nitrogens with zero attached hydrogens (tertiary/aromatic N) is 2. The van der Waals surface area contributed by atoms with Gasteiger partial charge in [0.05, 0.1) is 0 Å². The smallest absolute Gasteiger partial charge is 0.219 e. The average Bonchev–Trinajstić information content (AvgIpc) is 3.03. The summed E-state index contributed by atoms with van der Waals surface area (Å²) in [4.78, 5) is 16.5. The van der Waals surface area contributed by atoms with Crippen molar-refractivity contribution in [2.45, 2.75) is 97.6 Å². The fraction of sp³-hybridized carbons (Fsp3) is 0.962. The molecule has 0 aliphatic heterocycles. The van der Waals surface area contributed by atoms with Crippen molar-refractivity contribution in [2.24, 2.45) is 40.4 Å². The van der Waals surface area contributed by atoms with Crippen molar-refractivity contribution < 1.29 is 4.79 Å². The maximum Gasteiger partial charge on any atom is 0.219 e. The lowest BCUT2D eigenvalue weighted by Gasteiger charge is -2.62. The van der Waals surface area contributed by atoms with E-state index in [1.807, 2.05) is 11.9 Å². The van der Waals surface area contributed by atoms with Gasteiger partial charge in [0, 0.05) is 26.1 Å². The highest BCUT2D eigenvalue weighted by atomic mass is 16.2. The van der Waals surface area contributed by atoms with Crippen LogP contribution in [0.4, 0.5) is 0 Å². The molecule has 0 bridgehead atoms. The zero-order valence-corrected chi connectivity index (χ0v) is 20.2. The van der Waals surface area contributed by atoms with Crippen LogP contribution in [0, 0.1) is 40.4 Å². The predicted molar refractivity (Wildman–Crippen MR) is 121 cm³/mol. The van der Waals surface area contributed by atoms with Crippen LogP contribution < -0.4 is 0 Å². The van der Waals surface area contributed by atoms with Gasteiger partial charge in [0.15, 0.2) is 0 Å². The summed E-state index contributed by atoms with van der Waals surface area (Å²) < 4.78 is 0. The maximum absolute atomic E-state index is 12.0. The van der Waals surface area contributed by atoms with Crippen molar-refractivity contribution in [3.05, 3.63) is 0 Å². The van der Waals surface area contributed by atoms with E-state index in [-0.39, 0.29) is 5.91 Å². The first-order chi connectivity index (χ1) is 13.6. The molecule has 0 N–H and O–H groups in total. The Morgan fingerprint density at radius 1 is 0.897 bits per heavy atom. The van der Waals surface area contributed by atoms with Crippen LogP contribution in [-0.2, 0) is 4.79 Å². The standard InChI is InChI=1S/C26H46N2O/c1-17(28(7)18(2)29)22-10-11-23-21-9-8-19-16-20(27(5)6)12-14-25(19,3)24(21)13-15-26(22,23)4/h17,19-24H,8-16H2,1-7H3/t17?,19?,20-,21?,22+,23?,24?,25-,26+/m0/s1. The van der Waals surface area contributed by atoms with Crippen molar-refractivity contribution in [3.63, 3.8) is 0 Å². The third-order valence-electron chi connectivity index (χ3n) is 11.1. The lowest BCUT2D eigenvalue weighted by atomic mass is 9.44. The molecule has 166 valence electrons.